The van der Waals surface area contributed by atoms with Crippen LogP contribution in [0.3, 0.4) is 0 Å². The number of hydrogen-bond acceptors (Lipinski definition) is 4. The molecular weight excluding hydrogens is 344 g/mol. The monoisotopic (exact) mass is 357 g/mol. The van der Waals surface area contributed by atoms with E-state index in [4.69, 9.17) is 31.6 Å². The molecule has 9 heteroatoms. The van der Waals surface area contributed by atoms with Crippen LogP contribution in [0.1, 0.15) is 17.2 Å². The van der Waals surface area contributed by atoms with Crippen molar-refractivity contribution in [1.82, 2.24) is 5.32 Å². The molecule has 1 aromatic rings. The summed E-state index contributed by atoms with van der Waals surface area (Å²) >= 11 is 9.95. The van der Waals surface area contributed by atoms with Crippen LogP contribution in [0.5, 0.6) is 0 Å². The summed E-state index contributed by atoms with van der Waals surface area (Å²) in [5.41, 5.74) is 1.54. The van der Waals surface area contributed by atoms with Crippen LogP contribution in [0.25, 0.3) is 0 Å². The summed E-state index contributed by atoms with van der Waals surface area (Å²) < 4.78 is 29.4. The molecule has 0 aliphatic rings. The second-order valence-corrected chi connectivity index (χ2v) is 5.23. The van der Waals surface area contributed by atoms with Gasteiger partial charge >= 0.3 is 11.6 Å². The fourth-order valence-electron chi connectivity index (χ4n) is 1.44. The second kappa shape index (κ2) is 10.7. The predicted molar refractivity (Wildman–Crippen MR) is 78.5 cm³/mol. The van der Waals surface area contributed by atoms with Gasteiger partial charge in [0.15, 0.2) is 4.84 Å². The predicted octanol–water partition coefficient (Wildman–Crippen LogP) is 1.62. The Morgan fingerprint density at radius 3 is 2.19 bits per heavy atom. The number of aryl methyl sites for hydroxylation is 1. The number of benzene rings is 1. The fraction of sp³-hybridized carbons (Fsp3) is 0.417. The van der Waals surface area contributed by atoms with Crippen LogP contribution in [0.4, 0.5) is 4.39 Å². The largest absolute Gasteiger partial charge is 0.386 e. The smallest absolute Gasteiger partial charge is 0.335 e. The molecule has 0 aromatic heterocycles. The van der Waals surface area contributed by atoms with Gasteiger partial charge in [-0.15, -0.1) is 0 Å². The Balaban J connectivity index is 0.00000122. The highest BCUT2D eigenvalue weighted by molar-refractivity contribution is 7.51. The lowest BCUT2D eigenvalue weighted by atomic mass is 10.0. The van der Waals surface area contributed by atoms with Crippen molar-refractivity contribution in [3.05, 3.63) is 35.4 Å². The average Bonchev–Trinajstić information content (AvgIpc) is 2.45. The number of aliphatic hydroxyl groups excluding tert-OH is 1. The zero-order valence-electron chi connectivity index (χ0n) is 11.0. The molecule has 0 radical (unpaired) electrons. The quantitative estimate of drug-likeness (QED) is 0.784. The number of carbonyl (C=O) groups is 1. The van der Waals surface area contributed by atoms with Crippen molar-refractivity contribution in [3.63, 3.8) is 0 Å². The van der Waals surface area contributed by atoms with Gasteiger partial charge in [-0.2, -0.15) is 8.42 Å². The molecule has 0 bridgehead atoms. The SMILES string of the molecule is Cc1ccc([C@@H](O)[C@@H](CF)NC(=O)C(Cl)Cl)cc1.O=S=O. The van der Waals surface area contributed by atoms with Gasteiger partial charge in [-0.3, -0.25) is 4.79 Å². The average molecular weight is 358 g/mol. The van der Waals surface area contributed by atoms with Gasteiger partial charge in [-0.1, -0.05) is 53.0 Å². The van der Waals surface area contributed by atoms with Crippen LogP contribution in [0, 0.1) is 6.92 Å². The molecule has 0 fully saturated rings. The van der Waals surface area contributed by atoms with Gasteiger partial charge < -0.3 is 10.4 Å². The fourth-order valence-corrected chi connectivity index (χ4v) is 1.57. The molecule has 0 aliphatic carbocycles. The van der Waals surface area contributed by atoms with Crippen LogP contribution < -0.4 is 5.32 Å². The Morgan fingerprint density at radius 2 is 1.81 bits per heavy atom. The zero-order valence-corrected chi connectivity index (χ0v) is 13.3. The Bertz CT molecular complexity index is 481. The number of nitrogens with one attached hydrogen (secondary N) is 1. The minimum Gasteiger partial charge on any atom is -0.386 e. The van der Waals surface area contributed by atoms with E-state index < -0.39 is 41.1 Å². The molecule has 21 heavy (non-hydrogen) atoms. The highest BCUT2D eigenvalue weighted by atomic mass is 35.5. The van der Waals surface area contributed by atoms with E-state index in [-0.39, 0.29) is 0 Å². The summed E-state index contributed by atoms with van der Waals surface area (Å²) in [7, 11) is 0. The lowest BCUT2D eigenvalue weighted by Crippen LogP contribution is -2.43. The molecule has 0 aliphatic heterocycles. The van der Waals surface area contributed by atoms with Gasteiger partial charge in [0, 0.05) is 0 Å². The minimum atomic E-state index is -1.29. The van der Waals surface area contributed by atoms with Gasteiger partial charge in [0.05, 0.1) is 6.04 Å². The van der Waals surface area contributed by atoms with Crippen molar-refractivity contribution in [2.45, 2.75) is 23.9 Å². The molecule has 0 spiro atoms. The van der Waals surface area contributed by atoms with Crippen molar-refractivity contribution < 1.29 is 22.7 Å². The van der Waals surface area contributed by atoms with Crippen molar-refractivity contribution in [1.29, 1.82) is 0 Å². The summed E-state index contributed by atoms with van der Waals surface area (Å²) in [6, 6.07) is 5.87. The normalized spacial score (nSPS) is 12.9. The lowest BCUT2D eigenvalue weighted by Gasteiger charge is -2.22. The van der Waals surface area contributed by atoms with E-state index in [0.717, 1.165) is 5.56 Å². The van der Waals surface area contributed by atoms with E-state index in [1.807, 2.05) is 6.92 Å². The minimum absolute atomic E-state index is 0.518. The number of rotatable bonds is 5. The van der Waals surface area contributed by atoms with Crippen molar-refractivity contribution in [3.8, 4) is 0 Å². The molecule has 2 atom stereocenters. The molecule has 118 valence electrons. The Kier molecular flexibility index (Phi) is 10.2. The van der Waals surface area contributed by atoms with E-state index >= 15 is 0 Å². The third-order valence-corrected chi connectivity index (χ3v) is 2.89. The van der Waals surface area contributed by atoms with E-state index in [1.54, 1.807) is 24.3 Å². The summed E-state index contributed by atoms with van der Waals surface area (Å²) in [5, 5.41) is 12.2. The van der Waals surface area contributed by atoms with E-state index in [1.165, 1.54) is 0 Å². The summed E-state index contributed by atoms with van der Waals surface area (Å²) in [6.07, 6.45) is -1.15. The summed E-state index contributed by atoms with van der Waals surface area (Å²) in [4.78, 5) is 9.96. The third kappa shape index (κ3) is 7.52. The first-order valence-corrected chi connectivity index (χ1v) is 7.22. The molecule has 0 saturated heterocycles. The van der Waals surface area contributed by atoms with Gasteiger partial charge in [-0.05, 0) is 12.5 Å². The van der Waals surface area contributed by atoms with Gasteiger partial charge in [0.1, 0.15) is 12.8 Å². The van der Waals surface area contributed by atoms with Crippen molar-refractivity contribution >= 4 is 40.7 Å². The lowest BCUT2D eigenvalue weighted by molar-refractivity contribution is -0.121. The van der Waals surface area contributed by atoms with Crippen LogP contribution in [-0.2, 0) is 16.4 Å². The van der Waals surface area contributed by atoms with Crippen LogP contribution in [0.15, 0.2) is 24.3 Å². The second-order valence-electron chi connectivity index (χ2n) is 3.99. The number of halogens is 3. The van der Waals surface area contributed by atoms with E-state index in [2.05, 4.69) is 5.32 Å². The number of amides is 1. The van der Waals surface area contributed by atoms with Gasteiger partial charge in [0.2, 0.25) is 0 Å². The molecule has 0 saturated carbocycles. The number of aliphatic hydroxyl groups is 1. The first-order valence-electron chi connectivity index (χ1n) is 5.68. The first kappa shape index (κ1) is 20.0. The first-order chi connectivity index (χ1) is 9.87. The van der Waals surface area contributed by atoms with Gasteiger partial charge in [0.25, 0.3) is 5.91 Å². The van der Waals surface area contributed by atoms with Crippen LogP contribution in [0.2, 0.25) is 0 Å². The molecular formula is C12H14Cl2FNO4S. The maximum absolute atomic E-state index is 12.8. The molecule has 0 heterocycles. The number of carbonyl (C=O) groups excluding carboxylic acids is 1. The number of alkyl halides is 3. The molecule has 2 N–H and O–H groups in total. The maximum atomic E-state index is 12.8. The Hall–Kier alpha value is -1.02. The van der Waals surface area contributed by atoms with Crippen molar-refractivity contribution in [2.24, 2.45) is 0 Å². The molecule has 5 nitrogen and oxygen atoms in total. The van der Waals surface area contributed by atoms with E-state index in [0.29, 0.717) is 5.56 Å². The molecule has 1 amide bonds. The van der Waals surface area contributed by atoms with Crippen LogP contribution in [-0.4, -0.2) is 37.0 Å². The zero-order chi connectivity index (χ0) is 16.4. The summed E-state index contributed by atoms with van der Waals surface area (Å²) in [6.45, 7) is 0.984. The molecule has 0 unspecified atom stereocenters. The topological polar surface area (TPSA) is 83.5 Å². The Morgan fingerprint density at radius 1 is 1.33 bits per heavy atom. The standard InChI is InChI=1S/C12H14Cl2FNO2.O2S/c1-7-2-4-8(5-3-7)10(17)9(6-15)16-12(18)11(13)14;1-3-2/h2-5,9-11,17H,6H2,1H3,(H,16,18);/t9-,10-;/m1./s1. The number of hydrogen-bond donors (Lipinski definition) is 2. The maximum Gasteiger partial charge on any atom is 0.335 e. The van der Waals surface area contributed by atoms with E-state index in [9.17, 15) is 14.3 Å². The summed E-state index contributed by atoms with van der Waals surface area (Å²) in [5.74, 6) is -0.729. The third-order valence-electron chi connectivity index (χ3n) is 2.49. The molecule has 1 aromatic carbocycles. The van der Waals surface area contributed by atoms with Crippen LogP contribution >= 0.6 is 23.2 Å². The van der Waals surface area contributed by atoms with Gasteiger partial charge in [-0.25, -0.2) is 4.39 Å². The molecule has 1 rings (SSSR count). The van der Waals surface area contributed by atoms with Crippen molar-refractivity contribution in [2.75, 3.05) is 6.67 Å². The highest BCUT2D eigenvalue weighted by Gasteiger charge is 2.24. The Labute approximate surface area is 135 Å². The highest BCUT2D eigenvalue weighted by Crippen LogP contribution is 2.18.